The minimum atomic E-state index is -0.135. The van der Waals surface area contributed by atoms with Crippen molar-refractivity contribution < 1.29 is 4.79 Å². The smallest absolute Gasteiger partial charge is 0.259 e. The maximum atomic E-state index is 13.0. The minimum Gasteiger partial charge on any atom is -0.337 e. The second kappa shape index (κ2) is 6.91. The number of carbonyl (C=O) groups is 1. The molecule has 0 aliphatic heterocycles. The van der Waals surface area contributed by atoms with Crippen molar-refractivity contribution in [2.75, 3.05) is 7.05 Å². The van der Waals surface area contributed by atoms with E-state index in [1.54, 1.807) is 39.7 Å². The first-order valence-corrected chi connectivity index (χ1v) is 9.08. The number of nitrogens with zero attached hydrogens (tertiary/aromatic N) is 8. The minimum absolute atomic E-state index is 0.135. The van der Waals surface area contributed by atoms with E-state index in [-0.39, 0.29) is 5.91 Å². The molecule has 1 amide bonds. The Balaban J connectivity index is 1.69. The maximum Gasteiger partial charge on any atom is 0.259 e. The number of aryl methyl sites for hydroxylation is 3. The molecule has 0 fully saturated rings. The number of fused-ring (bicyclic) bond motifs is 1. The van der Waals surface area contributed by atoms with Gasteiger partial charge in [0.25, 0.3) is 5.91 Å². The third kappa shape index (κ3) is 3.04. The normalized spacial score (nSPS) is 11.3. The summed E-state index contributed by atoms with van der Waals surface area (Å²) in [6, 6.07) is 1.89. The van der Waals surface area contributed by atoms with Crippen LogP contribution in [-0.4, -0.2) is 52.0 Å². The van der Waals surface area contributed by atoms with Gasteiger partial charge in [-0.05, 0) is 19.9 Å². The Hall–Kier alpha value is -3.49. The Labute approximate surface area is 162 Å². The Morgan fingerprint density at radius 3 is 2.71 bits per heavy atom. The van der Waals surface area contributed by atoms with Crippen LogP contribution < -0.4 is 0 Å². The van der Waals surface area contributed by atoms with E-state index in [0.29, 0.717) is 17.8 Å². The Morgan fingerprint density at radius 2 is 2.04 bits per heavy atom. The van der Waals surface area contributed by atoms with Crippen LogP contribution in [0, 0.1) is 6.92 Å². The first-order chi connectivity index (χ1) is 13.5. The molecule has 0 spiro atoms. The molecule has 0 saturated carbocycles. The van der Waals surface area contributed by atoms with E-state index in [0.717, 1.165) is 29.1 Å². The van der Waals surface area contributed by atoms with Gasteiger partial charge in [-0.15, -0.1) is 0 Å². The number of amides is 1. The average Bonchev–Trinajstić information content (AvgIpc) is 3.39. The van der Waals surface area contributed by atoms with Crippen molar-refractivity contribution in [1.29, 1.82) is 0 Å². The molecule has 0 aromatic carbocycles. The van der Waals surface area contributed by atoms with Crippen molar-refractivity contribution in [3.05, 3.63) is 53.9 Å². The van der Waals surface area contributed by atoms with E-state index in [4.69, 9.17) is 0 Å². The summed E-state index contributed by atoms with van der Waals surface area (Å²) in [4.78, 5) is 19.0. The molecule has 0 atom stereocenters. The quantitative estimate of drug-likeness (QED) is 0.530. The molecule has 0 saturated heterocycles. The molecule has 0 N–H and O–H groups in total. The Bertz CT molecular complexity index is 1150. The van der Waals surface area contributed by atoms with E-state index in [2.05, 4.69) is 20.3 Å². The Kier molecular flexibility index (Phi) is 4.42. The van der Waals surface area contributed by atoms with Gasteiger partial charge in [0.05, 0.1) is 23.8 Å². The van der Waals surface area contributed by atoms with Gasteiger partial charge in [0.1, 0.15) is 5.56 Å². The maximum absolute atomic E-state index is 13.0. The summed E-state index contributed by atoms with van der Waals surface area (Å²) < 4.78 is 5.30. The van der Waals surface area contributed by atoms with Gasteiger partial charge in [-0.3, -0.25) is 14.2 Å². The molecule has 4 heterocycles. The topological polar surface area (TPSA) is 86.1 Å². The number of rotatable bonds is 5. The largest absolute Gasteiger partial charge is 0.337 e. The predicted molar refractivity (Wildman–Crippen MR) is 104 cm³/mol. The van der Waals surface area contributed by atoms with Crippen molar-refractivity contribution in [1.82, 2.24) is 39.1 Å². The summed E-state index contributed by atoms with van der Waals surface area (Å²) in [6.07, 6.45) is 8.91. The van der Waals surface area contributed by atoms with Gasteiger partial charge in [0.15, 0.2) is 5.65 Å². The molecule has 4 aromatic heterocycles. The summed E-state index contributed by atoms with van der Waals surface area (Å²) in [5.74, 6) is -0.135. The second-order valence-electron chi connectivity index (χ2n) is 6.79. The van der Waals surface area contributed by atoms with Crippen molar-refractivity contribution in [3.63, 3.8) is 0 Å². The van der Waals surface area contributed by atoms with Crippen LogP contribution in [0.1, 0.15) is 28.5 Å². The summed E-state index contributed by atoms with van der Waals surface area (Å²) >= 11 is 0. The molecule has 4 rings (SSSR count). The lowest BCUT2D eigenvalue weighted by atomic mass is 10.2. The van der Waals surface area contributed by atoms with Crippen LogP contribution in [0.25, 0.3) is 16.9 Å². The molecule has 0 aliphatic rings. The molecule has 0 bridgehead atoms. The Morgan fingerprint density at radius 1 is 1.21 bits per heavy atom. The van der Waals surface area contributed by atoms with Gasteiger partial charge in [-0.2, -0.15) is 15.3 Å². The molecule has 144 valence electrons. The molecule has 9 nitrogen and oxygen atoms in total. The van der Waals surface area contributed by atoms with E-state index in [1.165, 1.54) is 0 Å². The third-order valence-electron chi connectivity index (χ3n) is 4.70. The zero-order valence-corrected chi connectivity index (χ0v) is 16.4. The highest BCUT2D eigenvalue weighted by Crippen LogP contribution is 2.24. The highest BCUT2D eigenvalue weighted by Gasteiger charge is 2.21. The molecule has 0 unspecified atom stereocenters. The number of hydrogen-bond acceptors (Lipinski definition) is 5. The molecule has 0 aliphatic carbocycles. The van der Waals surface area contributed by atoms with Crippen LogP contribution in [0.5, 0.6) is 0 Å². The SMILES string of the molecule is CCn1cc(-c2ccnc3c(C(=O)N(C)Cc4cnn(C)c4)cnn23)c(C)n1. The summed E-state index contributed by atoms with van der Waals surface area (Å²) in [7, 11) is 3.61. The highest BCUT2D eigenvalue weighted by molar-refractivity contribution is 5.99. The fourth-order valence-electron chi connectivity index (χ4n) is 3.28. The van der Waals surface area contributed by atoms with Crippen LogP contribution in [0.15, 0.2) is 37.1 Å². The molecule has 4 aromatic rings. The van der Waals surface area contributed by atoms with Crippen molar-refractivity contribution in [2.24, 2.45) is 7.05 Å². The van der Waals surface area contributed by atoms with E-state index >= 15 is 0 Å². The lowest BCUT2D eigenvalue weighted by molar-refractivity contribution is 0.0787. The number of aromatic nitrogens is 7. The van der Waals surface area contributed by atoms with Gasteiger partial charge in [0.2, 0.25) is 0 Å². The zero-order valence-electron chi connectivity index (χ0n) is 16.4. The van der Waals surface area contributed by atoms with Gasteiger partial charge in [0, 0.05) is 56.9 Å². The van der Waals surface area contributed by atoms with E-state index in [1.807, 2.05) is 44.0 Å². The van der Waals surface area contributed by atoms with Crippen molar-refractivity contribution in [2.45, 2.75) is 26.9 Å². The van der Waals surface area contributed by atoms with E-state index in [9.17, 15) is 4.79 Å². The summed E-state index contributed by atoms with van der Waals surface area (Å²) in [5, 5.41) is 13.1. The first-order valence-electron chi connectivity index (χ1n) is 9.08. The average molecular weight is 378 g/mol. The van der Waals surface area contributed by atoms with Crippen LogP contribution in [0.3, 0.4) is 0 Å². The fraction of sp³-hybridized carbons (Fsp3) is 0.316. The summed E-state index contributed by atoms with van der Waals surface area (Å²) in [6.45, 7) is 5.26. The lowest BCUT2D eigenvalue weighted by Crippen LogP contribution is -2.26. The van der Waals surface area contributed by atoms with Gasteiger partial charge in [-0.25, -0.2) is 9.50 Å². The van der Waals surface area contributed by atoms with Crippen LogP contribution >= 0.6 is 0 Å². The van der Waals surface area contributed by atoms with E-state index < -0.39 is 0 Å². The standard InChI is InChI=1S/C19H22N8O/c1-5-26-12-16(13(2)23-26)17-6-7-20-18-15(9-22-27(17)18)19(28)24(3)10-14-8-21-25(4)11-14/h6-9,11-12H,5,10H2,1-4H3. The van der Waals surface area contributed by atoms with Gasteiger partial charge >= 0.3 is 0 Å². The number of carbonyl (C=O) groups excluding carboxylic acids is 1. The molecular formula is C19H22N8O. The second-order valence-corrected chi connectivity index (χ2v) is 6.79. The first kappa shape index (κ1) is 17.9. The molecular weight excluding hydrogens is 356 g/mol. The summed E-state index contributed by atoms with van der Waals surface area (Å²) in [5.41, 5.74) is 4.70. The third-order valence-corrected chi connectivity index (χ3v) is 4.70. The van der Waals surface area contributed by atoms with Gasteiger partial charge < -0.3 is 4.90 Å². The molecule has 9 heteroatoms. The van der Waals surface area contributed by atoms with Crippen molar-refractivity contribution >= 4 is 11.6 Å². The predicted octanol–water partition coefficient (Wildman–Crippen LogP) is 1.93. The van der Waals surface area contributed by atoms with Crippen LogP contribution in [-0.2, 0) is 20.1 Å². The zero-order chi connectivity index (χ0) is 19.8. The van der Waals surface area contributed by atoms with Crippen molar-refractivity contribution in [3.8, 4) is 11.3 Å². The van der Waals surface area contributed by atoms with Gasteiger partial charge in [-0.1, -0.05) is 0 Å². The van der Waals surface area contributed by atoms with Crippen LogP contribution in [0.2, 0.25) is 0 Å². The molecule has 0 radical (unpaired) electrons. The monoisotopic (exact) mass is 378 g/mol. The highest BCUT2D eigenvalue weighted by atomic mass is 16.2. The lowest BCUT2D eigenvalue weighted by Gasteiger charge is -2.15. The number of hydrogen-bond donors (Lipinski definition) is 0. The van der Waals surface area contributed by atoms with Crippen LogP contribution in [0.4, 0.5) is 0 Å². The molecule has 28 heavy (non-hydrogen) atoms. The fourth-order valence-corrected chi connectivity index (χ4v) is 3.28.